The second-order valence-corrected chi connectivity index (χ2v) is 7.11. The van der Waals surface area contributed by atoms with E-state index < -0.39 is 5.91 Å². The summed E-state index contributed by atoms with van der Waals surface area (Å²) in [6.07, 6.45) is 0. The van der Waals surface area contributed by atoms with Crippen LogP contribution in [-0.4, -0.2) is 32.2 Å². The lowest BCUT2D eigenvalue weighted by Crippen LogP contribution is -2.22. The van der Waals surface area contributed by atoms with Gasteiger partial charge >= 0.3 is 0 Å². The summed E-state index contributed by atoms with van der Waals surface area (Å²) < 4.78 is 22.3. The van der Waals surface area contributed by atoms with E-state index in [-0.39, 0.29) is 11.1 Å². The number of nitrogens with zero attached hydrogens (tertiary/aromatic N) is 2. The third-order valence-corrected chi connectivity index (χ3v) is 4.94. The van der Waals surface area contributed by atoms with Crippen molar-refractivity contribution in [3.05, 3.63) is 77.5 Å². The van der Waals surface area contributed by atoms with Crippen molar-refractivity contribution in [2.45, 2.75) is 6.92 Å². The van der Waals surface area contributed by atoms with Gasteiger partial charge in [-0.05, 0) is 43.3 Å². The van der Waals surface area contributed by atoms with Crippen LogP contribution in [0.2, 0.25) is 0 Å². The van der Waals surface area contributed by atoms with Gasteiger partial charge in [-0.15, -0.1) is 0 Å². The van der Waals surface area contributed by atoms with Gasteiger partial charge in [-0.25, -0.2) is 9.98 Å². The number of benzene rings is 2. The molecule has 0 bridgehead atoms. The Kier molecular flexibility index (Phi) is 6.26. The third-order valence-electron chi connectivity index (χ3n) is 4.94. The van der Waals surface area contributed by atoms with Crippen molar-refractivity contribution in [3.8, 4) is 17.2 Å². The zero-order chi connectivity index (χ0) is 23.4. The average molecular weight is 445 g/mol. The van der Waals surface area contributed by atoms with Crippen LogP contribution in [0.1, 0.15) is 16.1 Å². The molecular weight excluding hydrogens is 422 g/mol. The molecule has 1 N–H and O–H groups in total. The predicted molar refractivity (Wildman–Crippen MR) is 124 cm³/mol. The first-order valence-corrected chi connectivity index (χ1v) is 10.1. The van der Waals surface area contributed by atoms with E-state index in [0.29, 0.717) is 39.7 Å². The molecule has 1 amide bonds. The maximum Gasteiger partial charge on any atom is 0.262 e. The summed E-state index contributed by atoms with van der Waals surface area (Å²) in [4.78, 5) is 22.2. The number of aromatic nitrogens is 1. The van der Waals surface area contributed by atoms with Gasteiger partial charge in [0, 0.05) is 17.1 Å². The fourth-order valence-electron chi connectivity index (χ4n) is 3.32. The first-order chi connectivity index (χ1) is 16.0. The molecule has 33 heavy (non-hydrogen) atoms. The Balaban J connectivity index is 1.93. The van der Waals surface area contributed by atoms with Crippen LogP contribution in [0.3, 0.4) is 0 Å². The monoisotopic (exact) mass is 445 g/mol. The lowest BCUT2D eigenvalue weighted by Gasteiger charge is -2.10. The van der Waals surface area contributed by atoms with Gasteiger partial charge in [0.15, 0.2) is 11.3 Å². The number of carbonyl (C=O) groups excluding carboxylic acids is 1. The molecule has 2 aromatic carbocycles. The normalized spacial score (nSPS) is 11.3. The maximum absolute atomic E-state index is 13.3. The summed E-state index contributed by atoms with van der Waals surface area (Å²) in [6, 6.07) is 17.7. The highest BCUT2D eigenvalue weighted by molar-refractivity contribution is 6.05. The van der Waals surface area contributed by atoms with Gasteiger partial charge in [0.1, 0.15) is 28.6 Å². The first kappa shape index (κ1) is 21.9. The molecule has 0 saturated carbocycles. The highest BCUT2D eigenvalue weighted by atomic mass is 16.5. The number of carbonyl (C=O) groups is 1. The minimum Gasteiger partial charge on any atom is -0.497 e. The topological polar surface area (TPSA) is 95.2 Å². The molecule has 0 spiro atoms. The molecule has 2 heterocycles. The SMILES string of the molecule is COc1ccc(OC)c(N=c2oc3c(OC)cccc3cc2C(=O)Nc2cccc(C)n2)c1. The van der Waals surface area contributed by atoms with E-state index in [4.69, 9.17) is 18.6 Å². The number of rotatable bonds is 6. The number of nitrogens with one attached hydrogen (secondary N) is 1. The molecule has 2 aromatic heterocycles. The molecule has 0 atom stereocenters. The largest absolute Gasteiger partial charge is 0.497 e. The van der Waals surface area contributed by atoms with Gasteiger partial charge in [0.05, 0.1) is 21.3 Å². The zero-order valence-electron chi connectivity index (χ0n) is 18.7. The van der Waals surface area contributed by atoms with Gasteiger partial charge in [0.25, 0.3) is 5.91 Å². The molecule has 8 heteroatoms. The molecular formula is C25H23N3O5. The van der Waals surface area contributed by atoms with E-state index in [2.05, 4.69) is 15.3 Å². The van der Waals surface area contributed by atoms with Gasteiger partial charge in [-0.2, -0.15) is 0 Å². The van der Waals surface area contributed by atoms with Crippen molar-refractivity contribution in [2.24, 2.45) is 4.99 Å². The number of amides is 1. The highest BCUT2D eigenvalue weighted by Crippen LogP contribution is 2.31. The zero-order valence-corrected chi connectivity index (χ0v) is 18.7. The summed E-state index contributed by atoms with van der Waals surface area (Å²) in [7, 11) is 4.65. The van der Waals surface area contributed by atoms with E-state index in [1.54, 1.807) is 57.7 Å². The van der Waals surface area contributed by atoms with Gasteiger partial charge in [-0.1, -0.05) is 18.2 Å². The molecule has 4 aromatic rings. The van der Waals surface area contributed by atoms with Crippen LogP contribution in [0, 0.1) is 6.92 Å². The molecule has 0 radical (unpaired) electrons. The van der Waals surface area contributed by atoms with Gasteiger partial charge in [0.2, 0.25) is 5.55 Å². The Hall–Kier alpha value is -4.33. The molecule has 0 aliphatic heterocycles. The molecule has 168 valence electrons. The molecule has 8 nitrogen and oxygen atoms in total. The summed E-state index contributed by atoms with van der Waals surface area (Å²) >= 11 is 0. The Morgan fingerprint density at radius 2 is 1.73 bits per heavy atom. The summed E-state index contributed by atoms with van der Waals surface area (Å²) in [5, 5.41) is 3.50. The fraction of sp³-hybridized carbons (Fsp3) is 0.160. The van der Waals surface area contributed by atoms with Crippen LogP contribution in [0.4, 0.5) is 11.5 Å². The number of fused-ring (bicyclic) bond motifs is 1. The van der Waals surface area contributed by atoms with E-state index in [1.165, 1.54) is 0 Å². The van der Waals surface area contributed by atoms with Crippen LogP contribution >= 0.6 is 0 Å². The third kappa shape index (κ3) is 4.64. The molecule has 0 aliphatic rings. The number of hydrogen-bond donors (Lipinski definition) is 1. The van der Waals surface area contributed by atoms with Crippen molar-refractivity contribution in [1.82, 2.24) is 4.98 Å². The Morgan fingerprint density at radius 3 is 2.45 bits per heavy atom. The molecule has 0 unspecified atom stereocenters. The number of anilines is 1. The second-order valence-electron chi connectivity index (χ2n) is 7.11. The van der Waals surface area contributed by atoms with E-state index in [0.717, 1.165) is 5.69 Å². The van der Waals surface area contributed by atoms with Crippen LogP contribution in [-0.2, 0) is 0 Å². The second kappa shape index (κ2) is 9.44. The smallest absolute Gasteiger partial charge is 0.262 e. The van der Waals surface area contributed by atoms with Crippen molar-refractivity contribution in [1.29, 1.82) is 0 Å². The predicted octanol–water partition coefficient (Wildman–Crippen LogP) is 4.65. The summed E-state index contributed by atoms with van der Waals surface area (Å²) in [5.74, 6) is 1.62. The Labute approximate surface area is 190 Å². The Bertz CT molecular complexity index is 1390. The molecule has 0 saturated heterocycles. The van der Waals surface area contributed by atoms with Gasteiger partial charge in [-0.3, -0.25) is 4.79 Å². The number of pyridine rings is 1. The molecule has 0 aliphatic carbocycles. The quantitative estimate of drug-likeness (QED) is 0.464. The standard InChI is InChI=1S/C25H23N3O5/c1-15-7-5-10-22(26-15)28-24(29)18-13-16-8-6-9-21(32-4)23(16)33-25(18)27-19-14-17(30-2)11-12-20(19)31-3/h5-14H,1-4H3,(H,26,28,29). The van der Waals surface area contributed by atoms with E-state index >= 15 is 0 Å². The lowest BCUT2D eigenvalue weighted by molar-refractivity contribution is 0.102. The average Bonchev–Trinajstić information content (AvgIpc) is 2.83. The van der Waals surface area contributed by atoms with E-state index in [9.17, 15) is 4.79 Å². The fourth-order valence-corrected chi connectivity index (χ4v) is 3.32. The van der Waals surface area contributed by atoms with E-state index in [1.807, 2.05) is 31.2 Å². The van der Waals surface area contributed by atoms with Gasteiger partial charge < -0.3 is 23.9 Å². The number of hydrogen-bond acceptors (Lipinski definition) is 7. The van der Waals surface area contributed by atoms with Crippen LogP contribution < -0.4 is 25.1 Å². The number of para-hydroxylation sites is 1. The number of methoxy groups -OCH3 is 3. The van der Waals surface area contributed by atoms with Crippen LogP contribution in [0.5, 0.6) is 17.2 Å². The van der Waals surface area contributed by atoms with Crippen molar-refractivity contribution in [2.75, 3.05) is 26.6 Å². The summed E-state index contributed by atoms with van der Waals surface area (Å²) in [5.41, 5.74) is 2.00. The maximum atomic E-state index is 13.3. The van der Waals surface area contributed by atoms with Crippen LogP contribution in [0.25, 0.3) is 11.0 Å². The van der Waals surface area contributed by atoms with Crippen molar-refractivity contribution in [3.63, 3.8) is 0 Å². The Morgan fingerprint density at radius 1 is 0.939 bits per heavy atom. The van der Waals surface area contributed by atoms with Crippen LogP contribution in [0.15, 0.2) is 70.1 Å². The molecule has 4 rings (SSSR count). The van der Waals surface area contributed by atoms with Crippen molar-refractivity contribution >= 4 is 28.4 Å². The number of aryl methyl sites for hydroxylation is 1. The lowest BCUT2D eigenvalue weighted by atomic mass is 10.1. The van der Waals surface area contributed by atoms with Crippen molar-refractivity contribution < 1.29 is 23.4 Å². The minimum absolute atomic E-state index is 0.0868. The molecule has 0 fully saturated rings. The highest BCUT2D eigenvalue weighted by Gasteiger charge is 2.16. The first-order valence-electron chi connectivity index (χ1n) is 10.1. The minimum atomic E-state index is -0.415. The number of ether oxygens (including phenoxy) is 3. The summed E-state index contributed by atoms with van der Waals surface area (Å²) in [6.45, 7) is 1.85.